The molecule has 4 amide bonds. The molecular weight excluding hydrogens is 784 g/mol. The Morgan fingerprint density at radius 3 is 2.35 bits per heavy atom. The summed E-state index contributed by atoms with van der Waals surface area (Å²) in [6.07, 6.45) is 2.45. The van der Waals surface area contributed by atoms with Crippen LogP contribution in [-0.4, -0.2) is 59.4 Å². The third kappa shape index (κ3) is 4.94. The van der Waals surface area contributed by atoms with Crippen LogP contribution in [0.4, 0.5) is 5.69 Å². The van der Waals surface area contributed by atoms with Gasteiger partial charge in [-0.25, -0.2) is 0 Å². The van der Waals surface area contributed by atoms with Crippen LogP contribution in [0, 0.1) is 27.2 Å². The normalized spacial score (nSPS) is 27.5. The Bertz CT molecular complexity index is 1950. The number of halogens is 3. The summed E-state index contributed by atoms with van der Waals surface area (Å²) in [5.41, 5.74) is 3.75. The fraction of sp³-hybridized carbons (Fsp3) is 0.333. The van der Waals surface area contributed by atoms with Crippen molar-refractivity contribution in [2.45, 2.75) is 31.1 Å². The molecule has 3 aromatic rings. The highest BCUT2D eigenvalue weighted by atomic mass is 127. The predicted octanol–water partition coefficient (Wildman–Crippen LogP) is 6.33. The number of anilines is 1. The van der Waals surface area contributed by atoms with Gasteiger partial charge in [-0.2, -0.15) is 5.01 Å². The van der Waals surface area contributed by atoms with Crippen LogP contribution in [0.2, 0.25) is 10.0 Å². The zero-order chi connectivity index (χ0) is 34.9. The number of ether oxygens (including phenoxy) is 2. The van der Waals surface area contributed by atoms with Crippen molar-refractivity contribution in [2.75, 3.05) is 26.2 Å². The summed E-state index contributed by atoms with van der Waals surface area (Å²) in [6, 6.07) is 15.3. The molecule has 0 spiro atoms. The second-order valence-corrected chi connectivity index (χ2v) is 14.7. The number of nitrogens with one attached hydrogen (secondary N) is 1. The van der Waals surface area contributed by atoms with Gasteiger partial charge >= 0.3 is 0 Å². The highest BCUT2D eigenvalue weighted by Gasteiger charge is 2.70. The topological polar surface area (TPSA) is 125 Å². The first-order valence-electron chi connectivity index (χ1n) is 15.8. The number of amides is 4. The van der Waals surface area contributed by atoms with Gasteiger partial charge in [0.25, 0.3) is 11.8 Å². The average molecular weight is 816 g/mol. The van der Waals surface area contributed by atoms with Gasteiger partial charge < -0.3 is 14.6 Å². The number of nitrogens with zero attached hydrogens (tertiary/aromatic N) is 2. The number of methoxy groups -OCH3 is 2. The lowest BCUT2D eigenvalue weighted by atomic mass is 9.49. The van der Waals surface area contributed by atoms with E-state index in [1.165, 1.54) is 18.1 Å². The SMILES string of the molecule is CCN1C(=O)[C@H]2[C@H](CC=C3[C@H]2C[C@H]2C(=O)N(Nc4ccc(Cl)cc4Cl)C(=O)[C@@]2(c2ccc(OC)cc2)[C@H]3c2cc(I)c(O)c(OC)c2)C1=O. The molecule has 3 fully saturated rings. The van der Waals surface area contributed by atoms with Crippen LogP contribution in [0.15, 0.2) is 66.2 Å². The second-order valence-electron chi connectivity index (χ2n) is 12.7. The van der Waals surface area contributed by atoms with Crippen molar-refractivity contribution in [1.82, 2.24) is 9.91 Å². The molecule has 49 heavy (non-hydrogen) atoms. The van der Waals surface area contributed by atoms with E-state index in [0.29, 0.717) is 37.6 Å². The van der Waals surface area contributed by atoms with Crippen LogP contribution in [0.25, 0.3) is 0 Å². The summed E-state index contributed by atoms with van der Waals surface area (Å²) >= 11 is 14.7. The van der Waals surface area contributed by atoms with E-state index < -0.39 is 46.8 Å². The van der Waals surface area contributed by atoms with Gasteiger partial charge in [-0.3, -0.25) is 29.5 Å². The van der Waals surface area contributed by atoms with Crippen LogP contribution in [0.5, 0.6) is 17.2 Å². The lowest BCUT2D eigenvalue weighted by Crippen LogP contribution is -2.53. The highest BCUT2D eigenvalue weighted by Crippen LogP contribution is 2.64. The van der Waals surface area contributed by atoms with Gasteiger partial charge in [0, 0.05) is 17.5 Å². The molecule has 2 aliphatic heterocycles. The fourth-order valence-corrected chi connectivity index (χ4v) is 9.59. The molecule has 2 N–H and O–H groups in total. The van der Waals surface area contributed by atoms with Gasteiger partial charge in [-0.05, 0) is 102 Å². The molecule has 254 valence electrons. The zero-order valence-corrected chi connectivity index (χ0v) is 30.4. The molecule has 6 atom stereocenters. The van der Waals surface area contributed by atoms with Gasteiger partial charge in [0.05, 0.1) is 51.7 Å². The van der Waals surface area contributed by atoms with E-state index in [2.05, 4.69) is 5.43 Å². The van der Waals surface area contributed by atoms with Gasteiger partial charge in [0.1, 0.15) is 5.75 Å². The third-order valence-corrected chi connectivity index (χ3v) is 12.0. The monoisotopic (exact) mass is 815 g/mol. The molecule has 1 saturated carbocycles. The minimum absolute atomic E-state index is 0.0587. The molecule has 13 heteroatoms. The average Bonchev–Trinajstić information content (AvgIpc) is 3.47. The van der Waals surface area contributed by atoms with E-state index >= 15 is 4.79 Å². The number of benzene rings is 3. The van der Waals surface area contributed by atoms with E-state index in [1.807, 2.05) is 28.7 Å². The molecule has 3 aromatic carbocycles. The quantitative estimate of drug-likeness (QED) is 0.161. The molecular formula is C36H32Cl2IN3O7. The number of fused-ring (bicyclic) bond motifs is 4. The number of hydrazine groups is 1. The minimum Gasteiger partial charge on any atom is -0.504 e. The van der Waals surface area contributed by atoms with Crippen LogP contribution in [0.3, 0.4) is 0 Å². The fourth-order valence-electron chi connectivity index (χ4n) is 8.51. The van der Waals surface area contributed by atoms with Gasteiger partial charge in [0.2, 0.25) is 11.8 Å². The number of phenols is 1. The maximum Gasteiger partial charge on any atom is 0.260 e. The third-order valence-electron chi connectivity index (χ3n) is 10.6. The summed E-state index contributed by atoms with van der Waals surface area (Å²) in [4.78, 5) is 58.8. The van der Waals surface area contributed by atoms with Crippen LogP contribution in [0.1, 0.15) is 36.8 Å². The number of likely N-dealkylation sites (tertiary alicyclic amines) is 1. The number of aromatic hydroxyl groups is 1. The Balaban J connectivity index is 1.50. The molecule has 2 aliphatic carbocycles. The minimum atomic E-state index is -1.52. The summed E-state index contributed by atoms with van der Waals surface area (Å²) in [5.74, 6) is -4.30. The van der Waals surface area contributed by atoms with Gasteiger partial charge in [-0.1, -0.05) is 47.0 Å². The number of imide groups is 2. The zero-order valence-electron chi connectivity index (χ0n) is 26.7. The number of hydrogen-bond donors (Lipinski definition) is 2. The second kappa shape index (κ2) is 12.5. The molecule has 2 saturated heterocycles. The van der Waals surface area contributed by atoms with Crippen molar-refractivity contribution < 1.29 is 33.8 Å². The number of rotatable bonds is 7. The number of hydrogen-bond acceptors (Lipinski definition) is 8. The molecule has 7 rings (SSSR count). The van der Waals surface area contributed by atoms with Crippen LogP contribution < -0.4 is 14.9 Å². The van der Waals surface area contributed by atoms with Crippen molar-refractivity contribution in [2.24, 2.45) is 23.7 Å². The first-order valence-corrected chi connectivity index (χ1v) is 17.7. The van der Waals surface area contributed by atoms with Crippen molar-refractivity contribution in [3.05, 3.63) is 91.0 Å². The van der Waals surface area contributed by atoms with Gasteiger partial charge in [0.15, 0.2) is 11.5 Å². The molecule has 4 aliphatic rings. The van der Waals surface area contributed by atoms with Crippen molar-refractivity contribution >= 4 is 75.1 Å². The van der Waals surface area contributed by atoms with Crippen molar-refractivity contribution in [1.29, 1.82) is 0 Å². The number of phenolic OH excluding ortho intramolecular Hbond substituents is 1. The summed E-state index contributed by atoms with van der Waals surface area (Å²) in [7, 11) is 2.99. The molecule has 0 radical (unpaired) electrons. The van der Waals surface area contributed by atoms with Crippen molar-refractivity contribution in [3.8, 4) is 17.2 Å². The standard InChI is InChI=1S/C36H32Cl2IN3O7/c1-4-41-32(44)22-11-10-21-23(29(22)34(41)46)16-24-33(45)42(40-27-12-7-19(37)15-25(27)38)35(47)36(24,18-5-8-20(48-2)9-6-18)30(21)17-13-26(39)31(43)28(14-17)49-3/h5-10,12-15,22-24,29-30,40,43H,4,11,16H2,1-3H3/t22-,23+,24-,29-,30-,36+/m0/s1. The van der Waals surface area contributed by atoms with Crippen LogP contribution in [-0.2, 0) is 24.6 Å². The first-order chi connectivity index (χ1) is 23.5. The predicted molar refractivity (Wildman–Crippen MR) is 190 cm³/mol. The van der Waals surface area contributed by atoms with Crippen LogP contribution >= 0.6 is 45.8 Å². The molecule has 0 unspecified atom stereocenters. The van der Waals surface area contributed by atoms with Crippen molar-refractivity contribution in [3.63, 3.8) is 0 Å². The summed E-state index contributed by atoms with van der Waals surface area (Å²) in [6.45, 7) is 2.02. The summed E-state index contributed by atoms with van der Waals surface area (Å²) in [5, 5.41) is 12.5. The van der Waals surface area contributed by atoms with Gasteiger partial charge in [-0.15, -0.1) is 0 Å². The Morgan fingerprint density at radius 2 is 1.69 bits per heavy atom. The summed E-state index contributed by atoms with van der Waals surface area (Å²) < 4.78 is 11.5. The molecule has 10 nitrogen and oxygen atoms in total. The number of carbonyl (C=O) groups excluding carboxylic acids is 4. The van der Waals surface area contributed by atoms with E-state index in [4.69, 9.17) is 32.7 Å². The van der Waals surface area contributed by atoms with E-state index in [-0.39, 0.29) is 41.3 Å². The molecule has 2 heterocycles. The maximum atomic E-state index is 15.3. The van der Waals surface area contributed by atoms with E-state index in [0.717, 1.165) is 10.6 Å². The molecule has 0 aromatic heterocycles. The lowest BCUT2D eigenvalue weighted by molar-refractivity contribution is -0.141. The Hall–Kier alpha value is -3.81. The maximum absolute atomic E-state index is 15.3. The Labute approximate surface area is 306 Å². The Kier molecular flexibility index (Phi) is 8.59. The largest absolute Gasteiger partial charge is 0.504 e. The van der Waals surface area contributed by atoms with E-state index in [9.17, 15) is 19.5 Å². The molecule has 0 bridgehead atoms. The smallest absolute Gasteiger partial charge is 0.260 e. The first kappa shape index (κ1) is 33.7. The highest BCUT2D eigenvalue weighted by molar-refractivity contribution is 14.1. The lowest BCUT2D eigenvalue weighted by Gasteiger charge is -2.50. The van der Waals surface area contributed by atoms with E-state index in [1.54, 1.807) is 62.6 Å². The Morgan fingerprint density at radius 1 is 0.959 bits per heavy atom. The number of carbonyl (C=O) groups is 4. The number of allylic oxidation sites excluding steroid dienone is 2.